The first kappa shape index (κ1) is 16.4. The molecule has 0 aliphatic rings. The molecule has 0 fully saturated rings. The molecule has 6 heteroatoms. The molecular formula is C23H11BrN2O3. The lowest BCUT2D eigenvalue weighted by Crippen LogP contribution is -2.32. The van der Waals surface area contributed by atoms with E-state index in [2.05, 4.69) is 20.9 Å². The number of rotatable bonds is 1. The molecule has 0 saturated heterocycles. The van der Waals surface area contributed by atoms with Crippen molar-refractivity contribution < 1.29 is 4.42 Å². The topological polar surface area (TPSA) is 65.1 Å². The Hall–Kier alpha value is -3.51. The van der Waals surface area contributed by atoms with Crippen molar-refractivity contribution in [2.24, 2.45) is 0 Å². The fraction of sp³-hybridized carbons (Fsp3) is 0. The molecule has 0 aliphatic carbocycles. The van der Waals surface area contributed by atoms with E-state index in [-0.39, 0.29) is 11.1 Å². The summed E-state index contributed by atoms with van der Waals surface area (Å²) in [6, 6.07) is 18.4. The third-order valence-electron chi connectivity index (χ3n) is 5.33. The van der Waals surface area contributed by atoms with Crippen LogP contribution in [-0.4, -0.2) is 9.55 Å². The van der Waals surface area contributed by atoms with Crippen LogP contribution >= 0.6 is 15.9 Å². The van der Waals surface area contributed by atoms with Crippen LogP contribution < -0.4 is 11.1 Å². The number of nitrogens with zero attached hydrogens (tertiary/aromatic N) is 2. The fourth-order valence-corrected chi connectivity index (χ4v) is 4.30. The van der Waals surface area contributed by atoms with Crippen LogP contribution in [0.15, 0.2) is 85.3 Å². The van der Waals surface area contributed by atoms with Crippen LogP contribution in [0.25, 0.3) is 49.3 Å². The Morgan fingerprint density at radius 2 is 1.45 bits per heavy atom. The average molecular weight is 443 g/mol. The highest BCUT2D eigenvalue weighted by molar-refractivity contribution is 9.10. The molecule has 29 heavy (non-hydrogen) atoms. The monoisotopic (exact) mass is 442 g/mol. The first-order valence-electron chi connectivity index (χ1n) is 9.01. The summed E-state index contributed by atoms with van der Waals surface area (Å²) in [5, 5.41) is 4.27. The van der Waals surface area contributed by atoms with Crippen LogP contribution in [-0.2, 0) is 0 Å². The van der Waals surface area contributed by atoms with Gasteiger partial charge in [-0.3, -0.25) is 9.59 Å². The SMILES string of the molecule is O=c1c2ccc3oc4ccccc4c4ccc(c(=O)n1-c1ccc(Br)cn1)c2c34. The van der Waals surface area contributed by atoms with E-state index in [0.29, 0.717) is 27.6 Å². The minimum absolute atomic E-state index is 0.295. The molecule has 6 aromatic rings. The lowest BCUT2D eigenvalue weighted by Gasteiger charge is -2.13. The molecule has 3 aromatic carbocycles. The van der Waals surface area contributed by atoms with Gasteiger partial charge in [0.1, 0.15) is 17.0 Å². The Kier molecular flexibility index (Phi) is 3.26. The number of benzene rings is 3. The summed E-state index contributed by atoms with van der Waals surface area (Å²) in [7, 11) is 0. The van der Waals surface area contributed by atoms with Crippen molar-refractivity contribution >= 4 is 59.4 Å². The summed E-state index contributed by atoms with van der Waals surface area (Å²) < 4.78 is 7.97. The zero-order valence-electron chi connectivity index (χ0n) is 14.8. The molecule has 0 atom stereocenters. The minimum atomic E-state index is -0.389. The van der Waals surface area contributed by atoms with Gasteiger partial charge in [0, 0.05) is 37.6 Å². The van der Waals surface area contributed by atoms with E-state index >= 15 is 0 Å². The Labute approximate surface area is 171 Å². The molecule has 5 nitrogen and oxygen atoms in total. The second-order valence-electron chi connectivity index (χ2n) is 6.90. The van der Waals surface area contributed by atoms with E-state index in [4.69, 9.17) is 4.42 Å². The van der Waals surface area contributed by atoms with Crippen molar-refractivity contribution in [2.75, 3.05) is 0 Å². The number of aromatic nitrogens is 2. The Morgan fingerprint density at radius 3 is 2.21 bits per heavy atom. The van der Waals surface area contributed by atoms with Crippen LogP contribution in [0.2, 0.25) is 0 Å². The Balaban J connectivity index is 1.86. The van der Waals surface area contributed by atoms with Gasteiger partial charge in [0.05, 0.1) is 0 Å². The van der Waals surface area contributed by atoms with Crippen molar-refractivity contribution in [3.8, 4) is 5.82 Å². The van der Waals surface area contributed by atoms with Gasteiger partial charge in [-0.05, 0) is 57.7 Å². The maximum absolute atomic E-state index is 13.3. The van der Waals surface area contributed by atoms with Gasteiger partial charge in [-0.15, -0.1) is 0 Å². The van der Waals surface area contributed by atoms with Gasteiger partial charge < -0.3 is 4.42 Å². The van der Waals surface area contributed by atoms with E-state index in [1.165, 1.54) is 0 Å². The van der Waals surface area contributed by atoms with Gasteiger partial charge in [-0.1, -0.05) is 24.3 Å². The maximum atomic E-state index is 13.3. The molecule has 3 heterocycles. The van der Waals surface area contributed by atoms with E-state index in [9.17, 15) is 9.59 Å². The van der Waals surface area contributed by atoms with E-state index in [1.54, 1.807) is 36.5 Å². The van der Waals surface area contributed by atoms with E-state index in [0.717, 1.165) is 30.8 Å². The summed E-state index contributed by atoms with van der Waals surface area (Å²) in [5.41, 5.74) is 0.632. The van der Waals surface area contributed by atoms with E-state index in [1.807, 2.05) is 30.3 Å². The van der Waals surface area contributed by atoms with Crippen molar-refractivity contribution in [1.82, 2.24) is 9.55 Å². The molecule has 0 amide bonds. The maximum Gasteiger partial charge on any atom is 0.267 e. The lowest BCUT2D eigenvalue weighted by molar-refractivity contribution is 0.662. The van der Waals surface area contributed by atoms with Gasteiger partial charge in [-0.25, -0.2) is 9.55 Å². The summed E-state index contributed by atoms with van der Waals surface area (Å²) >= 11 is 3.33. The fourth-order valence-electron chi connectivity index (χ4n) is 4.07. The van der Waals surface area contributed by atoms with Crippen LogP contribution in [0.5, 0.6) is 0 Å². The van der Waals surface area contributed by atoms with Gasteiger partial charge in [-0.2, -0.15) is 0 Å². The Morgan fingerprint density at radius 1 is 0.724 bits per heavy atom. The first-order valence-corrected chi connectivity index (χ1v) is 9.80. The van der Waals surface area contributed by atoms with Crippen LogP contribution in [0, 0.1) is 0 Å². The second-order valence-corrected chi connectivity index (χ2v) is 7.82. The second kappa shape index (κ2) is 5.75. The van der Waals surface area contributed by atoms with Gasteiger partial charge in [0.2, 0.25) is 0 Å². The molecule has 6 rings (SSSR count). The Bertz CT molecular complexity index is 1670. The van der Waals surface area contributed by atoms with Crippen molar-refractivity contribution in [3.05, 3.63) is 92.0 Å². The number of pyridine rings is 2. The number of fused-ring (bicyclic) bond motifs is 2. The summed E-state index contributed by atoms with van der Waals surface area (Å²) in [5.74, 6) is 0.295. The zero-order valence-corrected chi connectivity index (χ0v) is 16.4. The molecule has 0 spiro atoms. The van der Waals surface area contributed by atoms with Crippen molar-refractivity contribution in [1.29, 1.82) is 0 Å². The number of hydrogen-bond donors (Lipinski definition) is 0. The van der Waals surface area contributed by atoms with Gasteiger partial charge >= 0.3 is 0 Å². The van der Waals surface area contributed by atoms with Crippen LogP contribution in [0.3, 0.4) is 0 Å². The average Bonchev–Trinajstić information content (AvgIpc) is 2.74. The predicted octanol–water partition coefficient (Wildman–Crippen LogP) is 5.00. The van der Waals surface area contributed by atoms with Gasteiger partial charge in [0.15, 0.2) is 0 Å². The number of para-hydroxylation sites is 1. The summed E-state index contributed by atoms with van der Waals surface area (Å²) in [6.07, 6.45) is 1.57. The first-order chi connectivity index (χ1) is 14.1. The summed E-state index contributed by atoms with van der Waals surface area (Å²) in [6.45, 7) is 0. The minimum Gasteiger partial charge on any atom is -0.456 e. The third kappa shape index (κ3) is 2.17. The molecule has 0 saturated carbocycles. The predicted molar refractivity (Wildman–Crippen MR) is 117 cm³/mol. The normalized spacial score (nSPS) is 11.9. The quantitative estimate of drug-likeness (QED) is 0.265. The molecule has 138 valence electrons. The zero-order chi connectivity index (χ0) is 19.7. The molecule has 0 aliphatic heterocycles. The molecule has 0 bridgehead atoms. The highest BCUT2D eigenvalue weighted by atomic mass is 79.9. The highest BCUT2D eigenvalue weighted by Gasteiger charge is 2.19. The molecular weight excluding hydrogens is 432 g/mol. The molecule has 0 unspecified atom stereocenters. The highest BCUT2D eigenvalue weighted by Crippen LogP contribution is 2.36. The molecule has 3 aromatic heterocycles. The molecule has 0 N–H and O–H groups in total. The number of hydrogen-bond acceptors (Lipinski definition) is 4. The van der Waals surface area contributed by atoms with Crippen LogP contribution in [0.1, 0.15) is 0 Å². The third-order valence-corrected chi connectivity index (χ3v) is 5.80. The number of halogens is 1. The smallest absolute Gasteiger partial charge is 0.267 e. The van der Waals surface area contributed by atoms with Crippen LogP contribution in [0.4, 0.5) is 0 Å². The largest absolute Gasteiger partial charge is 0.456 e. The van der Waals surface area contributed by atoms with Crippen molar-refractivity contribution in [3.63, 3.8) is 0 Å². The molecule has 0 radical (unpaired) electrons. The van der Waals surface area contributed by atoms with Crippen molar-refractivity contribution in [2.45, 2.75) is 0 Å². The summed E-state index contributed by atoms with van der Waals surface area (Å²) in [4.78, 5) is 30.8. The van der Waals surface area contributed by atoms with Gasteiger partial charge in [0.25, 0.3) is 11.1 Å². The van der Waals surface area contributed by atoms with E-state index < -0.39 is 0 Å². The lowest BCUT2D eigenvalue weighted by atomic mass is 9.96. The standard InChI is InChI=1S/C23H11BrN2O3/c24-12-5-10-19(25-11-12)26-22(27)15-7-6-14-13-3-1-2-4-17(13)29-18-9-8-16(23(26)28)20(15)21(14)18/h1-11H.